The van der Waals surface area contributed by atoms with Crippen LogP contribution in [0.1, 0.15) is 0 Å². The van der Waals surface area contributed by atoms with Gasteiger partial charge in [-0.05, 0) is 18.2 Å². The van der Waals surface area contributed by atoms with Gasteiger partial charge in [-0.3, -0.25) is 4.79 Å². The van der Waals surface area contributed by atoms with E-state index in [2.05, 4.69) is 0 Å². The van der Waals surface area contributed by atoms with Crippen molar-refractivity contribution in [1.82, 2.24) is 0 Å². The third kappa shape index (κ3) is 5.67. The van der Waals surface area contributed by atoms with E-state index in [-0.39, 0.29) is 28.0 Å². The fourth-order valence-electron chi connectivity index (χ4n) is 4.80. The Kier molecular flexibility index (Phi) is 8.66. The van der Waals surface area contributed by atoms with E-state index in [1.165, 1.54) is 19.2 Å². The molecule has 0 unspecified atom stereocenters. The summed E-state index contributed by atoms with van der Waals surface area (Å²) in [4.78, 5) is 13.8. The molecule has 2 fully saturated rings. The lowest BCUT2D eigenvalue weighted by Gasteiger charge is -2.44. The highest BCUT2D eigenvalue weighted by Gasteiger charge is 2.50. The molecular weight excluding hydrogens is 580 g/mol. The molecule has 3 aromatic rings. The maximum Gasteiger partial charge on any atom is 0.239 e. The maximum absolute atomic E-state index is 13.8. The van der Waals surface area contributed by atoms with Crippen molar-refractivity contribution in [2.24, 2.45) is 0 Å². The standard InChI is InChI=1S/C27H30O16/c1-38-10-5-13(31)17-15(6-10)40-23(9-2-3-11(29)12(30)4-9)24(20(17)35)42-27-25(21(36)19(34)16(7-28)41-27)43-26-22(37)18(33)14(32)8-39-26/h2-6,14,16,18-19,21-22,25-34,36-37H,7-8H2,1H3/t14-,16-,18+,19-,21+,22-,25-,26+,27+/m1/s1. The fraction of sp³-hybridized carbons (Fsp3) is 0.444. The predicted molar refractivity (Wildman–Crippen MR) is 140 cm³/mol. The average Bonchev–Trinajstić information content (AvgIpc) is 2.98. The summed E-state index contributed by atoms with van der Waals surface area (Å²) < 4.78 is 33.4. The second-order valence-electron chi connectivity index (χ2n) is 9.99. The van der Waals surface area contributed by atoms with Crippen LogP contribution in [-0.2, 0) is 14.2 Å². The van der Waals surface area contributed by atoms with Crippen molar-refractivity contribution in [1.29, 1.82) is 0 Å². The molecule has 2 aliphatic rings. The molecule has 1 aromatic heterocycles. The van der Waals surface area contributed by atoms with E-state index < -0.39 is 96.9 Å². The second kappa shape index (κ2) is 12.1. The van der Waals surface area contributed by atoms with Crippen molar-refractivity contribution in [3.05, 3.63) is 40.6 Å². The number of aliphatic hydroxyl groups is 6. The number of hydrogen-bond acceptors (Lipinski definition) is 16. The third-order valence-corrected chi connectivity index (χ3v) is 7.18. The summed E-state index contributed by atoms with van der Waals surface area (Å²) in [6.45, 7) is -1.28. The van der Waals surface area contributed by atoms with Crippen LogP contribution < -0.4 is 14.9 Å². The van der Waals surface area contributed by atoms with E-state index in [1.807, 2.05) is 0 Å². The van der Waals surface area contributed by atoms with Gasteiger partial charge in [0.15, 0.2) is 29.7 Å². The molecule has 2 aliphatic heterocycles. The predicted octanol–water partition coefficient (Wildman–Crippen LogP) is -1.77. The topological polar surface area (TPSA) is 258 Å². The molecule has 0 radical (unpaired) electrons. The van der Waals surface area contributed by atoms with Crippen molar-refractivity contribution < 1.29 is 74.1 Å². The van der Waals surface area contributed by atoms with E-state index >= 15 is 0 Å². The summed E-state index contributed by atoms with van der Waals surface area (Å²) in [5, 5.41) is 91.5. The Morgan fingerprint density at radius 2 is 1.63 bits per heavy atom. The van der Waals surface area contributed by atoms with Gasteiger partial charge in [0.2, 0.25) is 17.5 Å². The van der Waals surface area contributed by atoms with Crippen LogP contribution in [0.2, 0.25) is 0 Å². The first kappa shape index (κ1) is 30.7. The normalized spacial score (nSPS) is 31.2. The molecule has 3 heterocycles. The lowest BCUT2D eigenvalue weighted by atomic mass is 9.98. The Hall–Kier alpha value is -3.71. The second-order valence-corrected chi connectivity index (χ2v) is 9.99. The van der Waals surface area contributed by atoms with E-state index in [4.69, 9.17) is 28.1 Å². The van der Waals surface area contributed by atoms with Crippen LogP contribution in [0.4, 0.5) is 0 Å². The molecular formula is C27H30O16. The first-order valence-electron chi connectivity index (χ1n) is 13.0. The minimum Gasteiger partial charge on any atom is -0.507 e. The zero-order chi connectivity index (χ0) is 31.2. The average molecular weight is 611 g/mol. The molecule has 9 atom stereocenters. The molecule has 0 spiro atoms. The Bertz CT molecular complexity index is 1520. The quantitative estimate of drug-likeness (QED) is 0.134. The SMILES string of the molecule is COc1cc(O)c2c(=O)c(O[C@@H]3O[C@H](CO)[C@@H](O)[C@H](O)[C@H]3O[C@@H]3OC[C@@H](O)[C@H](O)[C@H]3O)c(-c3ccc(O)c(O)c3)oc2c1. The fourth-order valence-corrected chi connectivity index (χ4v) is 4.80. The highest BCUT2D eigenvalue weighted by Crippen LogP contribution is 2.40. The number of methoxy groups -OCH3 is 1. The largest absolute Gasteiger partial charge is 0.507 e. The minimum atomic E-state index is -1.89. The summed E-state index contributed by atoms with van der Waals surface area (Å²) in [7, 11) is 1.32. The zero-order valence-electron chi connectivity index (χ0n) is 22.4. The highest BCUT2D eigenvalue weighted by atomic mass is 16.8. The van der Waals surface area contributed by atoms with Gasteiger partial charge >= 0.3 is 0 Å². The van der Waals surface area contributed by atoms with Gasteiger partial charge in [-0.25, -0.2) is 0 Å². The van der Waals surface area contributed by atoms with Crippen molar-refractivity contribution in [3.8, 4) is 40.1 Å². The molecule has 9 N–H and O–H groups in total. The summed E-state index contributed by atoms with van der Waals surface area (Å²) in [6.07, 6.45) is -15.4. The summed E-state index contributed by atoms with van der Waals surface area (Å²) in [5.74, 6) is -2.50. The molecule has 0 saturated carbocycles. The zero-order valence-corrected chi connectivity index (χ0v) is 22.4. The van der Waals surface area contributed by atoms with Crippen molar-refractivity contribution in [2.75, 3.05) is 20.3 Å². The molecule has 2 aromatic carbocycles. The molecule has 16 heteroatoms. The smallest absolute Gasteiger partial charge is 0.239 e. The number of benzene rings is 2. The lowest BCUT2D eigenvalue weighted by Crippen LogP contribution is -2.64. The van der Waals surface area contributed by atoms with Gasteiger partial charge in [0.25, 0.3) is 0 Å². The van der Waals surface area contributed by atoms with Crippen LogP contribution in [0, 0.1) is 0 Å². The number of hydrogen-bond donors (Lipinski definition) is 9. The van der Waals surface area contributed by atoms with Gasteiger partial charge in [0.05, 0.1) is 20.3 Å². The van der Waals surface area contributed by atoms with Gasteiger partial charge in [-0.1, -0.05) is 0 Å². The number of fused-ring (bicyclic) bond motifs is 1. The Balaban J connectivity index is 1.62. The van der Waals surface area contributed by atoms with Crippen LogP contribution in [0.25, 0.3) is 22.3 Å². The number of aliphatic hydroxyl groups excluding tert-OH is 6. The van der Waals surface area contributed by atoms with Crippen molar-refractivity contribution in [2.45, 2.75) is 55.3 Å². The Morgan fingerprint density at radius 3 is 2.30 bits per heavy atom. The monoisotopic (exact) mass is 610 g/mol. The number of rotatable bonds is 7. The Labute approximate surface area is 241 Å². The van der Waals surface area contributed by atoms with Crippen LogP contribution in [0.15, 0.2) is 39.5 Å². The number of ether oxygens (including phenoxy) is 5. The molecule has 16 nitrogen and oxygen atoms in total. The first-order valence-corrected chi connectivity index (χ1v) is 13.0. The van der Waals surface area contributed by atoms with Crippen molar-refractivity contribution in [3.63, 3.8) is 0 Å². The van der Waals surface area contributed by atoms with E-state index in [9.17, 15) is 50.8 Å². The van der Waals surface area contributed by atoms with Crippen LogP contribution in [0.3, 0.4) is 0 Å². The van der Waals surface area contributed by atoms with Crippen molar-refractivity contribution >= 4 is 11.0 Å². The molecule has 5 rings (SSSR count). The summed E-state index contributed by atoms with van der Waals surface area (Å²) in [6, 6.07) is 5.87. The van der Waals surface area contributed by atoms with Gasteiger partial charge in [0, 0.05) is 17.7 Å². The van der Waals surface area contributed by atoms with E-state index in [0.29, 0.717) is 0 Å². The molecule has 0 bridgehead atoms. The molecule has 0 aliphatic carbocycles. The summed E-state index contributed by atoms with van der Waals surface area (Å²) >= 11 is 0. The van der Waals surface area contributed by atoms with Crippen LogP contribution in [0.5, 0.6) is 28.7 Å². The van der Waals surface area contributed by atoms with Gasteiger partial charge in [-0.15, -0.1) is 0 Å². The minimum absolute atomic E-state index is 0.00215. The number of phenolic OH excluding ortho intramolecular Hbond substituents is 3. The van der Waals surface area contributed by atoms with Crippen LogP contribution in [-0.4, -0.2) is 122 Å². The molecule has 43 heavy (non-hydrogen) atoms. The lowest BCUT2D eigenvalue weighted by molar-refractivity contribution is -0.345. The number of aromatic hydroxyl groups is 3. The molecule has 234 valence electrons. The first-order chi connectivity index (χ1) is 20.4. The Morgan fingerprint density at radius 1 is 0.884 bits per heavy atom. The molecule has 2 saturated heterocycles. The van der Waals surface area contributed by atoms with E-state index in [1.54, 1.807) is 0 Å². The van der Waals surface area contributed by atoms with Gasteiger partial charge in [-0.2, -0.15) is 0 Å². The highest BCUT2D eigenvalue weighted by molar-refractivity contribution is 5.88. The van der Waals surface area contributed by atoms with Crippen LogP contribution >= 0.6 is 0 Å². The number of phenols is 3. The third-order valence-electron chi connectivity index (χ3n) is 7.18. The van der Waals surface area contributed by atoms with Gasteiger partial charge in [0.1, 0.15) is 59.1 Å². The van der Waals surface area contributed by atoms with E-state index in [0.717, 1.165) is 18.2 Å². The maximum atomic E-state index is 13.8. The summed E-state index contributed by atoms with van der Waals surface area (Å²) in [5.41, 5.74) is -1.13. The van der Waals surface area contributed by atoms with Gasteiger partial charge < -0.3 is 74.1 Å². The molecule has 0 amide bonds.